The minimum absolute atomic E-state index is 0.0135. The molecule has 6 nitrogen and oxygen atoms in total. The lowest BCUT2D eigenvalue weighted by Crippen LogP contribution is -2.28. The van der Waals surface area contributed by atoms with Crippen LogP contribution in [0.2, 0.25) is 0 Å². The molecule has 0 saturated carbocycles. The number of hydrogen-bond acceptors (Lipinski definition) is 4. The van der Waals surface area contributed by atoms with Crippen molar-refractivity contribution in [2.45, 2.75) is 23.6 Å². The first-order valence-corrected chi connectivity index (χ1v) is 10.9. The Morgan fingerprint density at radius 3 is 2.59 bits per heavy atom. The highest BCUT2D eigenvalue weighted by Gasteiger charge is 2.22. The van der Waals surface area contributed by atoms with Gasteiger partial charge in [-0.2, -0.15) is 0 Å². The molecule has 1 aromatic heterocycles. The summed E-state index contributed by atoms with van der Waals surface area (Å²) in [5.74, 6) is -0.867. The van der Waals surface area contributed by atoms with Crippen molar-refractivity contribution in [1.29, 1.82) is 0 Å². The van der Waals surface area contributed by atoms with Crippen molar-refractivity contribution in [3.63, 3.8) is 0 Å². The predicted molar refractivity (Wildman–Crippen MR) is 109 cm³/mol. The summed E-state index contributed by atoms with van der Waals surface area (Å²) in [4.78, 5) is 12.4. The average Bonchev–Trinajstić information content (AvgIpc) is 3.06. The Bertz CT molecular complexity index is 1090. The zero-order valence-electron chi connectivity index (χ0n) is 16.1. The molecule has 0 bridgehead atoms. The van der Waals surface area contributed by atoms with E-state index in [9.17, 15) is 17.6 Å². The van der Waals surface area contributed by atoms with Crippen LogP contribution in [0, 0.1) is 5.82 Å². The van der Waals surface area contributed by atoms with Gasteiger partial charge < -0.3 is 14.6 Å². The summed E-state index contributed by atoms with van der Waals surface area (Å²) in [6.45, 7) is 1.06. The Labute approximate surface area is 169 Å². The molecule has 154 valence electrons. The highest BCUT2D eigenvalue weighted by atomic mass is 32.2. The van der Waals surface area contributed by atoms with Crippen molar-refractivity contribution >= 4 is 26.6 Å². The average molecular weight is 418 g/mol. The Morgan fingerprint density at radius 1 is 1.14 bits per heavy atom. The molecular formula is C21H23FN2O4S. The van der Waals surface area contributed by atoms with E-state index < -0.39 is 15.7 Å². The summed E-state index contributed by atoms with van der Waals surface area (Å²) in [6, 6.07) is 12.5. The molecular weight excluding hydrogens is 395 g/mol. The lowest BCUT2D eigenvalue weighted by molar-refractivity contribution is -0.121. The molecule has 8 heteroatoms. The fourth-order valence-corrected chi connectivity index (χ4v) is 4.71. The Kier molecular flexibility index (Phi) is 6.66. The van der Waals surface area contributed by atoms with Crippen LogP contribution < -0.4 is 5.32 Å². The van der Waals surface area contributed by atoms with Gasteiger partial charge in [-0.1, -0.05) is 30.3 Å². The summed E-state index contributed by atoms with van der Waals surface area (Å²) in [5, 5.41) is 3.36. The van der Waals surface area contributed by atoms with Crippen molar-refractivity contribution in [2.75, 3.05) is 20.3 Å². The van der Waals surface area contributed by atoms with E-state index in [0.29, 0.717) is 36.0 Å². The van der Waals surface area contributed by atoms with Gasteiger partial charge >= 0.3 is 0 Å². The standard InChI is InChI=1S/C21H23FN2O4S/c1-28-12-4-11-23-21(25)14-24-13-20(18-5-2-3-6-19(18)24)29(26,27)15-16-7-9-17(22)10-8-16/h2-3,5-10,13H,4,11-12,14-15H2,1H3,(H,23,25). The van der Waals surface area contributed by atoms with Gasteiger partial charge in [0.05, 0.1) is 10.6 Å². The number of nitrogens with one attached hydrogen (secondary N) is 1. The first kappa shape index (κ1) is 21.0. The van der Waals surface area contributed by atoms with Crippen LogP contribution in [0.4, 0.5) is 4.39 Å². The second-order valence-corrected chi connectivity index (χ2v) is 8.68. The zero-order valence-corrected chi connectivity index (χ0v) is 16.9. The highest BCUT2D eigenvalue weighted by molar-refractivity contribution is 7.90. The van der Waals surface area contributed by atoms with E-state index in [4.69, 9.17) is 4.74 Å². The molecule has 0 unspecified atom stereocenters. The predicted octanol–water partition coefficient (Wildman–Crippen LogP) is 2.91. The lowest BCUT2D eigenvalue weighted by Gasteiger charge is -2.07. The summed E-state index contributed by atoms with van der Waals surface area (Å²) in [7, 11) is -2.08. The van der Waals surface area contributed by atoms with E-state index in [2.05, 4.69) is 5.32 Å². The van der Waals surface area contributed by atoms with Crippen LogP contribution in [0.1, 0.15) is 12.0 Å². The molecule has 0 aliphatic heterocycles. The van der Waals surface area contributed by atoms with Crippen molar-refractivity contribution < 1.29 is 22.3 Å². The Hall–Kier alpha value is -2.71. The van der Waals surface area contributed by atoms with Gasteiger partial charge in [0.2, 0.25) is 5.91 Å². The maximum atomic E-state index is 13.1. The molecule has 0 fully saturated rings. The van der Waals surface area contributed by atoms with E-state index in [1.165, 1.54) is 30.5 Å². The number of halogens is 1. The molecule has 0 aliphatic rings. The minimum Gasteiger partial charge on any atom is -0.385 e. The highest BCUT2D eigenvalue weighted by Crippen LogP contribution is 2.28. The molecule has 0 radical (unpaired) electrons. The molecule has 2 aromatic carbocycles. The topological polar surface area (TPSA) is 77.4 Å². The first-order chi connectivity index (χ1) is 13.9. The van der Waals surface area contributed by atoms with Crippen LogP contribution in [0.25, 0.3) is 10.9 Å². The summed E-state index contributed by atoms with van der Waals surface area (Å²) >= 11 is 0. The number of rotatable bonds is 9. The maximum Gasteiger partial charge on any atom is 0.239 e. The monoisotopic (exact) mass is 418 g/mol. The number of carbonyl (C=O) groups excluding carboxylic acids is 1. The number of aromatic nitrogens is 1. The number of ether oxygens (including phenoxy) is 1. The number of benzene rings is 2. The molecule has 0 spiro atoms. The molecule has 3 aromatic rings. The normalized spacial score (nSPS) is 11.7. The van der Waals surface area contributed by atoms with E-state index in [-0.39, 0.29) is 23.1 Å². The van der Waals surface area contributed by atoms with E-state index >= 15 is 0 Å². The fraction of sp³-hybridized carbons (Fsp3) is 0.286. The van der Waals surface area contributed by atoms with Crippen molar-refractivity contribution in [3.05, 3.63) is 66.1 Å². The van der Waals surface area contributed by atoms with Gasteiger partial charge in [0.25, 0.3) is 0 Å². The van der Waals surface area contributed by atoms with Gasteiger partial charge in [-0.15, -0.1) is 0 Å². The maximum absolute atomic E-state index is 13.1. The summed E-state index contributed by atoms with van der Waals surface area (Å²) in [6.07, 6.45) is 2.20. The lowest BCUT2D eigenvalue weighted by atomic mass is 10.2. The van der Waals surface area contributed by atoms with Crippen LogP contribution >= 0.6 is 0 Å². The van der Waals surface area contributed by atoms with Gasteiger partial charge in [-0.25, -0.2) is 12.8 Å². The number of nitrogens with zero attached hydrogens (tertiary/aromatic N) is 1. The number of amides is 1. The van der Waals surface area contributed by atoms with E-state index in [1.807, 2.05) is 0 Å². The molecule has 29 heavy (non-hydrogen) atoms. The molecule has 1 amide bonds. The van der Waals surface area contributed by atoms with Crippen LogP contribution in [-0.2, 0) is 31.7 Å². The number of carbonyl (C=O) groups is 1. The molecule has 0 saturated heterocycles. The van der Waals surface area contributed by atoms with Crippen molar-refractivity contribution in [3.8, 4) is 0 Å². The van der Waals surface area contributed by atoms with Crippen LogP contribution in [0.15, 0.2) is 59.6 Å². The Morgan fingerprint density at radius 2 is 1.86 bits per heavy atom. The van der Waals surface area contributed by atoms with Gasteiger partial charge in [-0.05, 0) is 30.2 Å². The van der Waals surface area contributed by atoms with Crippen LogP contribution in [0.5, 0.6) is 0 Å². The second kappa shape index (κ2) is 9.19. The third-order valence-electron chi connectivity index (χ3n) is 4.52. The van der Waals surface area contributed by atoms with Crippen molar-refractivity contribution in [1.82, 2.24) is 9.88 Å². The first-order valence-electron chi connectivity index (χ1n) is 9.21. The molecule has 3 rings (SSSR count). The van der Waals surface area contributed by atoms with Crippen LogP contribution in [-0.4, -0.2) is 39.2 Å². The van der Waals surface area contributed by atoms with Gasteiger partial charge in [0.1, 0.15) is 12.4 Å². The SMILES string of the molecule is COCCCNC(=O)Cn1cc(S(=O)(=O)Cc2ccc(F)cc2)c2ccccc21. The zero-order chi connectivity index (χ0) is 20.9. The smallest absolute Gasteiger partial charge is 0.239 e. The van der Waals surface area contributed by atoms with Crippen LogP contribution in [0.3, 0.4) is 0 Å². The molecule has 0 aliphatic carbocycles. The summed E-state index contributed by atoms with van der Waals surface area (Å²) < 4.78 is 45.7. The van der Waals surface area contributed by atoms with Crippen molar-refractivity contribution in [2.24, 2.45) is 0 Å². The summed E-state index contributed by atoms with van der Waals surface area (Å²) in [5.41, 5.74) is 1.16. The second-order valence-electron chi connectivity index (χ2n) is 6.72. The number of hydrogen-bond donors (Lipinski definition) is 1. The molecule has 1 N–H and O–H groups in total. The minimum atomic E-state index is -3.68. The van der Waals surface area contributed by atoms with Gasteiger partial charge in [-0.3, -0.25) is 4.79 Å². The van der Waals surface area contributed by atoms with Gasteiger partial charge in [0.15, 0.2) is 9.84 Å². The third-order valence-corrected chi connectivity index (χ3v) is 6.23. The quantitative estimate of drug-likeness (QED) is 0.542. The Balaban J connectivity index is 1.85. The number of methoxy groups -OCH3 is 1. The molecule has 0 atom stereocenters. The van der Waals surface area contributed by atoms with E-state index in [0.717, 1.165) is 0 Å². The largest absolute Gasteiger partial charge is 0.385 e. The number of para-hydroxylation sites is 1. The number of sulfone groups is 1. The molecule has 1 heterocycles. The van der Waals surface area contributed by atoms with Gasteiger partial charge in [0, 0.05) is 37.4 Å². The third kappa shape index (κ3) is 5.21. The number of fused-ring (bicyclic) bond motifs is 1. The van der Waals surface area contributed by atoms with E-state index in [1.54, 1.807) is 35.9 Å². The fourth-order valence-electron chi connectivity index (χ4n) is 3.12.